The van der Waals surface area contributed by atoms with E-state index in [1.54, 1.807) is 6.08 Å². The lowest BCUT2D eigenvalue weighted by atomic mass is 10.0. The SMILES string of the molecule is O=C=Nc1c2c(nc3c1CCC31CC1)CCC2. The summed E-state index contributed by atoms with van der Waals surface area (Å²) in [6, 6.07) is 0. The van der Waals surface area contributed by atoms with Gasteiger partial charge < -0.3 is 0 Å². The molecule has 1 spiro atoms. The van der Waals surface area contributed by atoms with Gasteiger partial charge in [-0.3, -0.25) is 4.98 Å². The van der Waals surface area contributed by atoms with Gasteiger partial charge in [0.2, 0.25) is 6.08 Å². The van der Waals surface area contributed by atoms with E-state index < -0.39 is 0 Å². The van der Waals surface area contributed by atoms with Crippen LogP contribution in [0, 0.1) is 0 Å². The number of pyridine rings is 1. The average Bonchev–Trinajstić information content (AvgIpc) is 2.82. The van der Waals surface area contributed by atoms with Crippen molar-refractivity contribution in [3.63, 3.8) is 0 Å². The van der Waals surface area contributed by atoms with Crippen LogP contribution in [0.4, 0.5) is 5.69 Å². The highest BCUT2D eigenvalue weighted by molar-refractivity contribution is 5.65. The van der Waals surface area contributed by atoms with Crippen LogP contribution in [0.15, 0.2) is 4.99 Å². The van der Waals surface area contributed by atoms with Gasteiger partial charge in [-0.25, -0.2) is 4.79 Å². The van der Waals surface area contributed by atoms with E-state index in [2.05, 4.69) is 4.99 Å². The zero-order valence-electron chi connectivity index (χ0n) is 9.75. The predicted octanol–water partition coefficient (Wildman–Crippen LogP) is 2.52. The second kappa shape index (κ2) is 3.05. The fraction of sp³-hybridized carbons (Fsp3) is 0.571. The Bertz CT molecular complexity index is 566. The number of aryl methyl sites for hydroxylation is 1. The predicted molar refractivity (Wildman–Crippen MR) is 63.3 cm³/mol. The molecule has 1 aromatic heterocycles. The summed E-state index contributed by atoms with van der Waals surface area (Å²) in [5.74, 6) is 0. The lowest BCUT2D eigenvalue weighted by Crippen LogP contribution is -2.05. The van der Waals surface area contributed by atoms with Crippen molar-refractivity contribution in [2.75, 3.05) is 0 Å². The molecule has 0 saturated heterocycles. The maximum atomic E-state index is 10.6. The van der Waals surface area contributed by atoms with Crippen molar-refractivity contribution in [1.82, 2.24) is 4.98 Å². The number of hydrogen-bond donors (Lipinski definition) is 0. The van der Waals surface area contributed by atoms with Crippen molar-refractivity contribution in [3.8, 4) is 0 Å². The third kappa shape index (κ3) is 1.15. The number of aliphatic imine (C=N–C) groups is 1. The molecule has 3 aliphatic rings. The summed E-state index contributed by atoms with van der Waals surface area (Å²) in [6.07, 6.45) is 9.78. The summed E-state index contributed by atoms with van der Waals surface area (Å²) in [6.45, 7) is 0. The minimum atomic E-state index is 0.375. The van der Waals surface area contributed by atoms with Crippen LogP contribution < -0.4 is 0 Å². The van der Waals surface area contributed by atoms with E-state index in [0.29, 0.717) is 5.41 Å². The van der Waals surface area contributed by atoms with Crippen LogP contribution in [-0.2, 0) is 29.5 Å². The van der Waals surface area contributed by atoms with Crippen LogP contribution in [0.5, 0.6) is 0 Å². The van der Waals surface area contributed by atoms with Gasteiger partial charge >= 0.3 is 0 Å². The average molecular weight is 226 g/mol. The number of rotatable bonds is 1. The molecule has 3 aliphatic carbocycles. The fourth-order valence-corrected chi connectivity index (χ4v) is 3.58. The Balaban J connectivity index is 2.02. The first-order chi connectivity index (χ1) is 8.34. The zero-order valence-corrected chi connectivity index (χ0v) is 9.75. The maximum absolute atomic E-state index is 10.6. The Labute approximate surface area is 100.0 Å². The molecule has 4 rings (SSSR count). The standard InChI is InChI=1S/C14H14N2O/c17-8-15-12-9-2-1-3-11(9)16-13-10(12)4-5-14(13)6-7-14/h1-7H2. The van der Waals surface area contributed by atoms with Gasteiger partial charge in [-0.1, -0.05) is 0 Å². The lowest BCUT2D eigenvalue weighted by Gasteiger charge is -2.11. The molecular formula is C14H14N2O. The highest BCUT2D eigenvalue weighted by Crippen LogP contribution is 2.58. The van der Waals surface area contributed by atoms with Crippen LogP contribution in [0.2, 0.25) is 0 Å². The number of fused-ring (bicyclic) bond motifs is 3. The van der Waals surface area contributed by atoms with Crippen LogP contribution >= 0.6 is 0 Å². The minimum Gasteiger partial charge on any atom is -0.257 e. The largest absolute Gasteiger partial charge is 0.257 e. The molecule has 0 amide bonds. The summed E-state index contributed by atoms with van der Waals surface area (Å²) >= 11 is 0. The fourth-order valence-electron chi connectivity index (χ4n) is 3.58. The molecule has 3 heteroatoms. The smallest absolute Gasteiger partial charge is 0.240 e. The van der Waals surface area contributed by atoms with E-state index in [4.69, 9.17) is 4.98 Å². The Morgan fingerprint density at radius 2 is 2.00 bits per heavy atom. The highest BCUT2D eigenvalue weighted by atomic mass is 16.1. The Hall–Kier alpha value is -1.47. The Morgan fingerprint density at radius 1 is 1.12 bits per heavy atom. The molecule has 86 valence electrons. The molecule has 0 aromatic carbocycles. The Kier molecular flexibility index (Phi) is 1.71. The number of carbonyl (C=O) groups excluding carboxylic acids is 1. The summed E-state index contributed by atoms with van der Waals surface area (Å²) in [5, 5.41) is 0. The van der Waals surface area contributed by atoms with Crippen molar-refractivity contribution < 1.29 is 4.79 Å². The second-order valence-electron chi connectivity index (χ2n) is 5.55. The first kappa shape index (κ1) is 9.55. The first-order valence-electron chi connectivity index (χ1n) is 6.47. The molecule has 3 nitrogen and oxygen atoms in total. The van der Waals surface area contributed by atoms with E-state index in [0.717, 1.165) is 31.4 Å². The molecule has 0 unspecified atom stereocenters. The van der Waals surface area contributed by atoms with Gasteiger partial charge in [0.25, 0.3) is 0 Å². The molecule has 0 N–H and O–H groups in total. The van der Waals surface area contributed by atoms with Crippen LogP contribution in [-0.4, -0.2) is 11.1 Å². The monoisotopic (exact) mass is 226 g/mol. The van der Waals surface area contributed by atoms with Crippen molar-refractivity contribution in [2.24, 2.45) is 4.99 Å². The second-order valence-corrected chi connectivity index (χ2v) is 5.55. The topological polar surface area (TPSA) is 42.3 Å². The van der Waals surface area contributed by atoms with Crippen molar-refractivity contribution >= 4 is 11.8 Å². The third-order valence-electron chi connectivity index (χ3n) is 4.66. The maximum Gasteiger partial charge on any atom is 0.240 e. The van der Waals surface area contributed by atoms with E-state index in [1.165, 1.54) is 41.8 Å². The molecule has 1 fully saturated rings. The van der Waals surface area contributed by atoms with E-state index in [-0.39, 0.29) is 0 Å². The van der Waals surface area contributed by atoms with Crippen molar-refractivity contribution in [1.29, 1.82) is 0 Å². The van der Waals surface area contributed by atoms with Crippen LogP contribution in [0.1, 0.15) is 48.2 Å². The number of aromatic nitrogens is 1. The quantitative estimate of drug-likeness (QED) is 0.545. The van der Waals surface area contributed by atoms with Gasteiger partial charge in [-0.2, -0.15) is 4.99 Å². The summed E-state index contributed by atoms with van der Waals surface area (Å²) in [5.41, 5.74) is 6.26. The van der Waals surface area contributed by atoms with Crippen LogP contribution in [0.25, 0.3) is 0 Å². The summed E-state index contributed by atoms with van der Waals surface area (Å²) in [7, 11) is 0. The lowest BCUT2D eigenvalue weighted by molar-refractivity contribution is 0.565. The molecule has 0 bridgehead atoms. The van der Waals surface area contributed by atoms with Gasteiger partial charge in [-0.05, 0) is 44.9 Å². The van der Waals surface area contributed by atoms with E-state index in [9.17, 15) is 4.79 Å². The molecule has 1 aromatic rings. The Morgan fingerprint density at radius 3 is 2.76 bits per heavy atom. The molecule has 17 heavy (non-hydrogen) atoms. The number of isocyanates is 1. The molecule has 1 heterocycles. The van der Waals surface area contributed by atoms with Gasteiger partial charge in [0.1, 0.15) is 0 Å². The molecule has 0 radical (unpaired) electrons. The van der Waals surface area contributed by atoms with Crippen molar-refractivity contribution in [3.05, 3.63) is 22.5 Å². The number of nitrogens with zero attached hydrogens (tertiary/aromatic N) is 2. The molecular weight excluding hydrogens is 212 g/mol. The van der Waals surface area contributed by atoms with Gasteiger partial charge in [0.05, 0.1) is 11.4 Å². The normalized spacial score (nSPS) is 22.1. The van der Waals surface area contributed by atoms with E-state index >= 15 is 0 Å². The first-order valence-corrected chi connectivity index (χ1v) is 6.47. The number of hydrogen-bond acceptors (Lipinski definition) is 3. The molecule has 0 aliphatic heterocycles. The summed E-state index contributed by atoms with van der Waals surface area (Å²) in [4.78, 5) is 19.5. The van der Waals surface area contributed by atoms with Crippen LogP contribution in [0.3, 0.4) is 0 Å². The van der Waals surface area contributed by atoms with Crippen molar-refractivity contribution in [2.45, 2.75) is 50.4 Å². The van der Waals surface area contributed by atoms with Gasteiger partial charge in [0.15, 0.2) is 0 Å². The van der Waals surface area contributed by atoms with Gasteiger partial charge in [0, 0.05) is 22.2 Å². The highest BCUT2D eigenvalue weighted by Gasteiger charge is 2.51. The molecule has 0 atom stereocenters. The van der Waals surface area contributed by atoms with E-state index in [1.807, 2.05) is 0 Å². The minimum absolute atomic E-state index is 0.375. The van der Waals surface area contributed by atoms with Gasteiger partial charge in [-0.15, -0.1) is 0 Å². The zero-order chi connectivity index (χ0) is 11.5. The molecule has 1 saturated carbocycles. The summed E-state index contributed by atoms with van der Waals surface area (Å²) < 4.78 is 0. The third-order valence-corrected chi connectivity index (χ3v) is 4.66.